The second kappa shape index (κ2) is 5.10. The van der Waals surface area contributed by atoms with E-state index in [2.05, 4.69) is 4.72 Å². The van der Waals surface area contributed by atoms with Crippen molar-refractivity contribution < 1.29 is 13.5 Å². The summed E-state index contributed by atoms with van der Waals surface area (Å²) in [4.78, 5) is 0.185. The van der Waals surface area contributed by atoms with Crippen LogP contribution in [0.15, 0.2) is 71.6 Å². The molecule has 0 saturated heterocycles. The standard InChI is InChI=1S/C16H13NO3S/c18-15-7-3-6-14(11-15)17-21(19,20)16-9-8-12-4-1-2-5-13(12)10-16/h1-11,17-18H. The van der Waals surface area contributed by atoms with Gasteiger partial charge in [-0.3, -0.25) is 4.72 Å². The van der Waals surface area contributed by atoms with Gasteiger partial charge in [0.15, 0.2) is 0 Å². The number of fused-ring (bicyclic) bond motifs is 1. The van der Waals surface area contributed by atoms with Crippen molar-refractivity contribution in [2.24, 2.45) is 0 Å². The van der Waals surface area contributed by atoms with E-state index in [0.29, 0.717) is 5.69 Å². The maximum absolute atomic E-state index is 12.4. The molecule has 0 unspecified atom stereocenters. The predicted octanol–water partition coefficient (Wildman–Crippen LogP) is 3.35. The summed E-state index contributed by atoms with van der Waals surface area (Å²) in [7, 11) is -3.68. The van der Waals surface area contributed by atoms with E-state index < -0.39 is 10.0 Å². The smallest absolute Gasteiger partial charge is 0.261 e. The molecule has 4 nitrogen and oxygen atoms in total. The van der Waals surface area contributed by atoms with Crippen LogP contribution in [0, 0.1) is 0 Å². The molecule has 0 aliphatic heterocycles. The molecule has 0 saturated carbocycles. The van der Waals surface area contributed by atoms with Gasteiger partial charge in [0.25, 0.3) is 10.0 Å². The molecule has 0 spiro atoms. The Kier molecular flexibility index (Phi) is 3.27. The van der Waals surface area contributed by atoms with E-state index in [1.54, 1.807) is 30.3 Å². The van der Waals surface area contributed by atoms with Crippen LogP contribution in [-0.2, 0) is 10.0 Å². The molecule has 2 N–H and O–H groups in total. The highest BCUT2D eigenvalue weighted by Gasteiger charge is 2.14. The number of anilines is 1. The van der Waals surface area contributed by atoms with Gasteiger partial charge in [0.05, 0.1) is 10.6 Å². The minimum atomic E-state index is -3.68. The molecule has 0 atom stereocenters. The topological polar surface area (TPSA) is 66.4 Å². The molecule has 106 valence electrons. The lowest BCUT2D eigenvalue weighted by Crippen LogP contribution is -2.12. The fourth-order valence-electron chi connectivity index (χ4n) is 2.12. The highest BCUT2D eigenvalue weighted by molar-refractivity contribution is 7.92. The first-order valence-corrected chi connectivity index (χ1v) is 7.84. The van der Waals surface area contributed by atoms with Crippen LogP contribution >= 0.6 is 0 Å². The van der Waals surface area contributed by atoms with E-state index in [1.807, 2.05) is 24.3 Å². The molecule has 0 amide bonds. The fourth-order valence-corrected chi connectivity index (χ4v) is 3.20. The van der Waals surface area contributed by atoms with Crippen molar-refractivity contribution >= 4 is 26.5 Å². The Labute approximate surface area is 122 Å². The lowest BCUT2D eigenvalue weighted by atomic mass is 10.1. The molecule has 0 heterocycles. The van der Waals surface area contributed by atoms with Crippen LogP contribution in [0.25, 0.3) is 10.8 Å². The van der Waals surface area contributed by atoms with Gasteiger partial charge >= 0.3 is 0 Å². The average Bonchev–Trinajstić information content (AvgIpc) is 2.46. The number of rotatable bonds is 3. The zero-order valence-corrected chi connectivity index (χ0v) is 11.8. The Morgan fingerprint density at radius 2 is 1.57 bits per heavy atom. The van der Waals surface area contributed by atoms with E-state index in [-0.39, 0.29) is 10.6 Å². The summed E-state index contributed by atoms with van der Waals surface area (Å²) in [5.74, 6) is 0.00807. The Bertz CT molecular complexity index is 904. The molecule has 0 aliphatic rings. The summed E-state index contributed by atoms with van der Waals surface area (Å²) >= 11 is 0. The quantitative estimate of drug-likeness (QED) is 0.779. The SMILES string of the molecule is O=S(=O)(Nc1cccc(O)c1)c1ccc2ccccc2c1. The lowest BCUT2D eigenvalue weighted by Gasteiger charge is -2.09. The van der Waals surface area contributed by atoms with Gasteiger partial charge in [0.1, 0.15) is 5.75 Å². The second-order valence-corrected chi connectivity index (χ2v) is 6.35. The van der Waals surface area contributed by atoms with Gasteiger partial charge in [-0.15, -0.1) is 0 Å². The zero-order chi connectivity index (χ0) is 14.9. The monoisotopic (exact) mass is 299 g/mol. The van der Waals surface area contributed by atoms with Crippen LogP contribution in [0.5, 0.6) is 5.75 Å². The maximum atomic E-state index is 12.4. The molecule has 0 radical (unpaired) electrons. The minimum Gasteiger partial charge on any atom is -0.508 e. The van der Waals surface area contributed by atoms with Crippen LogP contribution in [0.2, 0.25) is 0 Å². The molecule has 0 aliphatic carbocycles. The van der Waals surface area contributed by atoms with Crippen LogP contribution in [0.3, 0.4) is 0 Å². The molecule has 3 aromatic rings. The normalized spacial score (nSPS) is 11.4. The summed E-state index contributed by atoms with van der Waals surface area (Å²) in [5, 5.41) is 11.2. The minimum absolute atomic E-state index is 0.00807. The van der Waals surface area contributed by atoms with Gasteiger partial charge < -0.3 is 5.11 Å². The molecule has 0 aromatic heterocycles. The maximum Gasteiger partial charge on any atom is 0.261 e. The first-order valence-electron chi connectivity index (χ1n) is 6.35. The third kappa shape index (κ3) is 2.83. The summed E-state index contributed by atoms with van der Waals surface area (Å²) in [6, 6.07) is 18.5. The third-order valence-electron chi connectivity index (χ3n) is 3.13. The average molecular weight is 299 g/mol. The van der Waals surface area contributed by atoms with E-state index >= 15 is 0 Å². The van der Waals surface area contributed by atoms with E-state index in [0.717, 1.165) is 10.8 Å². The van der Waals surface area contributed by atoms with Crippen LogP contribution in [0.4, 0.5) is 5.69 Å². The lowest BCUT2D eigenvalue weighted by molar-refractivity contribution is 0.475. The third-order valence-corrected chi connectivity index (χ3v) is 4.51. The number of phenols is 1. The van der Waals surface area contributed by atoms with Crippen molar-refractivity contribution in [3.8, 4) is 5.75 Å². The van der Waals surface area contributed by atoms with Crippen LogP contribution in [-0.4, -0.2) is 13.5 Å². The van der Waals surface area contributed by atoms with Crippen LogP contribution < -0.4 is 4.72 Å². The van der Waals surface area contributed by atoms with E-state index in [1.165, 1.54) is 12.1 Å². The zero-order valence-electron chi connectivity index (χ0n) is 11.0. The molecular weight excluding hydrogens is 286 g/mol. The Morgan fingerprint density at radius 1 is 0.810 bits per heavy atom. The number of phenolic OH excluding ortho intramolecular Hbond substituents is 1. The highest BCUT2D eigenvalue weighted by Crippen LogP contribution is 2.22. The van der Waals surface area contributed by atoms with E-state index in [4.69, 9.17) is 0 Å². The number of benzene rings is 3. The molecule has 0 bridgehead atoms. The van der Waals surface area contributed by atoms with Gasteiger partial charge in [-0.25, -0.2) is 8.42 Å². The van der Waals surface area contributed by atoms with Crippen molar-refractivity contribution in [3.63, 3.8) is 0 Å². The number of hydrogen-bond acceptors (Lipinski definition) is 3. The van der Waals surface area contributed by atoms with Gasteiger partial charge in [0, 0.05) is 6.07 Å². The van der Waals surface area contributed by atoms with Crippen molar-refractivity contribution in [3.05, 3.63) is 66.7 Å². The second-order valence-electron chi connectivity index (χ2n) is 4.66. The molecule has 3 rings (SSSR count). The van der Waals surface area contributed by atoms with Crippen molar-refractivity contribution in [1.82, 2.24) is 0 Å². The Hall–Kier alpha value is -2.53. The van der Waals surface area contributed by atoms with Crippen molar-refractivity contribution in [2.75, 3.05) is 4.72 Å². The first-order chi connectivity index (χ1) is 10.0. The van der Waals surface area contributed by atoms with Crippen molar-refractivity contribution in [2.45, 2.75) is 4.90 Å². The molecule has 0 fully saturated rings. The summed E-state index contributed by atoms with van der Waals surface area (Å²) in [5.41, 5.74) is 0.322. The van der Waals surface area contributed by atoms with Crippen molar-refractivity contribution in [1.29, 1.82) is 0 Å². The predicted molar refractivity (Wildman–Crippen MR) is 82.9 cm³/mol. The van der Waals surface area contributed by atoms with Gasteiger partial charge in [0.2, 0.25) is 0 Å². The molecule has 3 aromatic carbocycles. The summed E-state index contributed by atoms with van der Waals surface area (Å²) in [6.07, 6.45) is 0. The Morgan fingerprint density at radius 3 is 2.33 bits per heavy atom. The fraction of sp³-hybridized carbons (Fsp3) is 0. The number of sulfonamides is 1. The number of aromatic hydroxyl groups is 1. The summed E-state index contributed by atoms with van der Waals surface area (Å²) in [6.45, 7) is 0. The van der Waals surface area contributed by atoms with Gasteiger partial charge in [-0.1, -0.05) is 36.4 Å². The highest BCUT2D eigenvalue weighted by atomic mass is 32.2. The van der Waals surface area contributed by atoms with Gasteiger partial charge in [-0.05, 0) is 35.0 Å². The van der Waals surface area contributed by atoms with Gasteiger partial charge in [-0.2, -0.15) is 0 Å². The first kappa shape index (κ1) is 13.5. The number of nitrogens with one attached hydrogen (secondary N) is 1. The molecule has 5 heteroatoms. The molecule has 21 heavy (non-hydrogen) atoms. The summed E-state index contributed by atoms with van der Waals surface area (Å²) < 4.78 is 27.2. The van der Waals surface area contributed by atoms with E-state index in [9.17, 15) is 13.5 Å². The molecular formula is C16H13NO3S. The largest absolute Gasteiger partial charge is 0.508 e. The Balaban J connectivity index is 2.00. The van der Waals surface area contributed by atoms with Crippen LogP contribution in [0.1, 0.15) is 0 Å². The number of hydrogen-bond donors (Lipinski definition) is 2.